The zero-order valence-corrected chi connectivity index (χ0v) is 15.8. The maximum atomic E-state index is 12.4. The van der Waals surface area contributed by atoms with E-state index in [2.05, 4.69) is 5.32 Å². The topological polar surface area (TPSA) is 52.7 Å². The van der Waals surface area contributed by atoms with Crippen LogP contribution < -0.4 is 5.32 Å². The molecular formula is C20H31N3O2. The predicted molar refractivity (Wildman–Crippen MR) is 102 cm³/mol. The standard InChI is InChI=1S/C20H31N3O2/c1-16(14-20(25)23-12-6-4-5-7-13-23)21-18-10-8-17(9-11-18)15-19(24)22(2)3/h8-11,16,21H,4-7,12-15H2,1-3H3/t16-/m0/s1. The van der Waals surface area contributed by atoms with Crippen LogP contribution >= 0.6 is 0 Å². The highest BCUT2D eigenvalue weighted by atomic mass is 16.2. The first-order valence-electron chi connectivity index (χ1n) is 9.29. The molecule has 1 aliphatic heterocycles. The number of nitrogens with one attached hydrogen (secondary N) is 1. The summed E-state index contributed by atoms with van der Waals surface area (Å²) in [5, 5.41) is 3.39. The minimum Gasteiger partial charge on any atom is -0.382 e. The number of hydrogen-bond donors (Lipinski definition) is 1. The lowest BCUT2D eigenvalue weighted by atomic mass is 10.1. The van der Waals surface area contributed by atoms with Crippen molar-refractivity contribution in [3.05, 3.63) is 29.8 Å². The van der Waals surface area contributed by atoms with Crippen LogP contribution in [0.1, 0.15) is 44.6 Å². The van der Waals surface area contributed by atoms with Crippen LogP contribution in [0.25, 0.3) is 0 Å². The Morgan fingerprint density at radius 1 is 1.08 bits per heavy atom. The molecule has 2 rings (SSSR count). The predicted octanol–water partition coefficient (Wildman–Crippen LogP) is 2.91. The van der Waals surface area contributed by atoms with Crippen molar-refractivity contribution in [2.45, 2.75) is 51.5 Å². The Labute approximate surface area is 151 Å². The van der Waals surface area contributed by atoms with Gasteiger partial charge >= 0.3 is 0 Å². The molecule has 1 atom stereocenters. The zero-order valence-electron chi connectivity index (χ0n) is 15.8. The number of rotatable bonds is 6. The quantitative estimate of drug-likeness (QED) is 0.862. The van der Waals surface area contributed by atoms with Crippen LogP contribution in [-0.2, 0) is 16.0 Å². The third kappa shape index (κ3) is 6.40. The maximum Gasteiger partial charge on any atom is 0.226 e. The van der Waals surface area contributed by atoms with Gasteiger partial charge in [0.1, 0.15) is 0 Å². The van der Waals surface area contributed by atoms with Crippen molar-refractivity contribution in [2.24, 2.45) is 0 Å². The van der Waals surface area contributed by atoms with E-state index in [4.69, 9.17) is 0 Å². The SMILES string of the molecule is C[C@@H](CC(=O)N1CCCCCC1)Nc1ccc(CC(=O)N(C)C)cc1. The van der Waals surface area contributed by atoms with E-state index in [0.717, 1.165) is 37.2 Å². The van der Waals surface area contributed by atoms with Gasteiger partial charge in [0.05, 0.1) is 6.42 Å². The summed E-state index contributed by atoms with van der Waals surface area (Å²) in [5.41, 5.74) is 1.98. The molecule has 1 aromatic rings. The molecule has 2 amide bonds. The largest absolute Gasteiger partial charge is 0.382 e. The molecule has 1 N–H and O–H groups in total. The van der Waals surface area contributed by atoms with E-state index in [-0.39, 0.29) is 17.9 Å². The molecule has 0 saturated carbocycles. The Balaban J connectivity index is 1.82. The number of likely N-dealkylation sites (N-methyl/N-ethyl adjacent to an activating group) is 1. The van der Waals surface area contributed by atoms with Crippen LogP contribution in [0.4, 0.5) is 5.69 Å². The minimum absolute atomic E-state index is 0.0880. The van der Waals surface area contributed by atoms with Gasteiger partial charge in [-0.2, -0.15) is 0 Å². The normalized spacial score (nSPS) is 16.0. The number of hydrogen-bond acceptors (Lipinski definition) is 3. The molecule has 1 aromatic carbocycles. The van der Waals surface area contributed by atoms with Gasteiger partial charge in [0.2, 0.25) is 11.8 Å². The molecule has 138 valence electrons. The van der Waals surface area contributed by atoms with Crippen molar-refractivity contribution in [3.63, 3.8) is 0 Å². The van der Waals surface area contributed by atoms with E-state index in [9.17, 15) is 9.59 Å². The van der Waals surface area contributed by atoms with Crippen LogP contribution in [0.15, 0.2) is 24.3 Å². The van der Waals surface area contributed by atoms with Crippen LogP contribution in [0.2, 0.25) is 0 Å². The van der Waals surface area contributed by atoms with Gasteiger partial charge in [0, 0.05) is 45.3 Å². The van der Waals surface area contributed by atoms with E-state index in [1.54, 1.807) is 19.0 Å². The first-order chi connectivity index (χ1) is 12.0. The van der Waals surface area contributed by atoms with Crippen LogP contribution in [0.3, 0.4) is 0 Å². The fourth-order valence-corrected chi connectivity index (χ4v) is 3.10. The summed E-state index contributed by atoms with van der Waals surface area (Å²) in [4.78, 5) is 27.8. The monoisotopic (exact) mass is 345 g/mol. The zero-order chi connectivity index (χ0) is 18.2. The Morgan fingerprint density at radius 3 is 2.24 bits per heavy atom. The summed E-state index contributed by atoms with van der Waals surface area (Å²) in [5.74, 6) is 0.340. The Hall–Kier alpha value is -2.04. The molecule has 0 spiro atoms. The maximum absolute atomic E-state index is 12.4. The average Bonchev–Trinajstić information content (AvgIpc) is 2.85. The second-order valence-corrected chi connectivity index (χ2v) is 7.21. The van der Waals surface area contributed by atoms with Crippen molar-refractivity contribution < 1.29 is 9.59 Å². The number of carbonyl (C=O) groups is 2. The summed E-state index contributed by atoms with van der Waals surface area (Å²) in [7, 11) is 3.53. The summed E-state index contributed by atoms with van der Waals surface area (Å²) < 4.78 is 0. The smallest absolute Gasteiger partial charge is 0.226 e. The van der Waals surface area contributed by atoms with Gasteiger partial charge in [-0.1, -0.05) is 25.0 Å². The van der Waals surface area contributed by atoms with Gasteiger partial charge in [-0.3, -0.25) is 9.59 Å². The van der Waals surface area contributed by atoms with Crippen molar-refractivity contribution in [1.29, 1.82) is 0 Å². The molecule has 1 aliphatic rings. The molecular weight excluding hydrogens is 314 g/mol. The molecule has 0 bridgehead atoms. The molecule has 0 radical (unpaired) electrons. The van der Waals surface area contributed by atoms with E-state index in [1.165, 1.54) is 12.8 Å². The van der Waals surface area contributed by atoms with Gasteiger partial charge in [-0.15, -0.1) is 0 Å². The fourth-order valence-electron chi connectivity index (χ4n) is 3.10. The van der Waals surface area contributed by atoms with E-state index in [0.29, 0.717) is 12.8 Å². The third-order valence-electron chi connectivity index (χ3n) is 4.66. The number of anilines is 1. The van der Waals surface area contributed by atoms with Crippen molar-refractivity contribution in [1.82, 2.24) is 9.80 Å². The molecule has 25 heavy (non-hydrogen) atoms. The van der Waals surface area contributed by atoms with E-state index < -0.39 is 0 Å². The lowest BCUT2D eigenvalue weighted by molar-refractivity contribution is -0.131. The summed E-state index contributed by atoms with van der Waals surface area (Å²) >= 11 is 0. The highest BCUT2D eigenvalue weighted by Gasteiger charge is 2.18. The lowest BCUT2D eigenvalue weighted by Gasteiger charge is -2.23. The molecule has 1 saturated heterocycles. The summed E-state index contributed by atoms with van der Waals surface area (Å²) in [6.07, 6.45) is 5.65. The van der Waals surface area contributed by atoms with Crippen LogP contribution in [-0.4, -0.2) is 54.8 Å². The van der Waals surface area contributed by atoms with Gasteiger partial charge < -0.3 is 15.1 Å². The highest BCUT2D eigenvalue weighted by Crippen LogP contribution is 2.15. The second kappa shape index (κ2) is 9.44. The van der Waals surface area contributed by atoms with Crippen molar-refractivity contribution >= 4 is 17.5 Å². The molecule has 5 heteroatoms. The van der Waals surface area contributed by atoms with Gasteiger partial charge in [0.15, 0.2) is 0 Å². The molecule has 1 fully saturated rings. The van der Waals surface area contributed by atoms with Gasteiger partial charge in [-0.25, -0.2) is 0 Å². The van der Waals surface area contributed by atoms with Crippen molar-refractivity contribution in [2.75, 3.05) is 32.5 Å². The number of nitrogens with zero attached hydrogens (tertiary/aromatic N) is 2. The number of likely N-dealkylation sites (tertiary alicyclic amines) is 1. The average molecular weight is 345 g/mol. The number of benzene rings is 1. The van der Waals surface area contributed by atoms with Crippen LogP contribution in [0, 0.1) is 0 Å². The van der Waals surface area contributed by atoms with Crippen LogP contribution in [0.5, 0.6) is 0 Å². The number of amides is 2. The van der Waals surface area contributed by atoms with Gasteiger partial charge in [0.25, 0.3) is 0 Å². The van der Waals surface area contributed by atoms with Gasteiger partial charge in [-0.05, 0) is 37.5 Å². The minimum atomic E-state index is 0.0880. The Bertz CT molecular complexity index is 561. The summed E-state index contributed by atoms with van der Waals surface area (Å²) in [6, 6.07) is 7.97. The summed E-state index contributed by atoms with van der Waals surface area (Å²) in [6.45, 7) is 3.85. The first kappa shape index (κ1) is 19.3. The van der Waals surface area contributed by atoms with Crippen molar-refractivity contribution in [3.8, 4) is 0 Å². The molecule has 0 aliphatic carbocycles. The molecule has 5 nitrogen and oxygen atoms in total. The third-order valence-corrected chi connectivity index (χ3v) is 4.66. The molecule has 0 aromatic heterocycles. The molecule has 0 unspecified atom stereocenters. The lowest BCUT2D eigenvalue weighted by Crippen LogP contribution is -2.35. The van der Waals surface area contributed by atoms with E-state index >= 15 is 0 Å². The molecule has 1 heterocycles. The van der Waals surface area contributed by atoms with E-state index in [1.807, 2.05) is 36.1 Å². The highest BCUT2D eigenvalue weighted by molar-refractivity contribution is 5.78. The second-order valence-electron chi connectivity index (χ2n) is 7.21. The first-order valence-corrected chi connectivity index (χ1v) is 9.29. The Kier molecular flexibility index (Phi) is 7.29. The Morgan fingerprint density at radius 2 is 1.68 bits per heavy atom. The number of carbonyl (C=O) groups excluding carboxylic acids is 2. The fraction of sp³-hybridized carbons (Fsp3) is 0.600.